The predicted octanol–water partition coefficient (Wildman–Crippen LogP) is 5.99. The highest BCUT2D eigenvalue weighted by Crippen LogP contribution is 2.40. The third kappa shape index (κ3) is 4.61. The lowest BCUT2D eigenvalue weighted by Gasteiger charge is -2.32. The van der Waals surface area contributed by atoms with Gasteiger partial charge in [0.1, 0.15) is 0 Å². The molecule has 1 aromatic carbocycles. The number of fused-ring (bicyclic) bond motifs is 1. The highest BCUT2D eigenvalue weighted by atomic mass is 19.4. The first-order valence-corrected chi connectivity index (χ1v) is 11.4. The molecule has 4 nitrogen and oxygen atoms in total. The number of alkyl halides is 3. The maximum atomic E-state index is 14.0. The molecule has 1 aliphatic carbocycles. The van der Waals surface area contributed by atoms with E-state index < -0.39 is 11.9 Å². The molecular weight excluding hydrogens is 401 g/mol. The Kier molecular flexibility index (Phi) is 6.08. The number of anilines is 2. The van der Waals surface area contributed by atoms with Gasteiger partial charge in [-0.1, -0.05) is 37.5 Å². The van der Waals surface area contributed by atoms with E-state index in [1.165, 1.54) is 12.8 Å². The van der Waals surface area contributed by atoms with E-state index in [1.54, 1.807) is 0 Å². The molecule has 0 atom stereocenters. The monoisotopic (exact) mass is 434 g/mol. The zero-order valence-corrected chi connectivity index (χ0v) is 19.0. The van der Waals surface area contributed by atoms with Gasteiger partial charge in [-0.3, -0.25) is 4.90 Å². The molecule has 0 radical (unpaired) electrons. The Morgan fingerprint density at radius 1 is 1.10 bits per heavy atom. The maximum Gasteiger partial charge on any atom is 0.435 e. The third-order valence-corrected chi connectivity index (χ3v) is 6.60. The summed E-state index contributed by atoms with van der Waals surface area (Å²) >= 11 is 0. The van der Waals surface area contributed by atoms with Crippen LogP contribution >= 0.6 is 0 Å². The molecule has 31 heavy (non-hydrogen) atoms. The number of benzene rings is 1. The van der Waals surface area contributed by atoms with Crippen molar-refractivity contribution in [1.82, 2.24) is 14.5 Å². The SMILES string of the molecule is CCN(CCC1CC1)Cc1c(C(F)(F)F)nc2n1CCCN2c1c(C)cc(C)cc1C. The smallest absolute Gasteiger partial charge is 0.312 e. The lowest BCUT2D eigenvalue weighted by atomic mass is 10.0. The van der Waals surface area contributed by atoms with E-state index in [9.17, 15) is 13.2 Å². The lowest BCUT2D eigenvalue weighted by Crippen LogP contribution is -2.32. The summed E-state index contributed by atoms with van der Waals surface area (Å²) in [6.07, 6.45) is -0.0629. The highest BCUT2D eigenvalue weighted by molar-refractivity contribution is 5.68. The van der Waals surface area contributed by atoms with E-state index in [0.717, 1.165) is 54.2 Å². The normalized spacial score (nSPS) is 16.8. The second-order valence-corrected chi connectivity index (χ2v) is 9.21. The minimum Gasteiger partial charge on any atom is -0.312 e. The first-order valence-electron chi connectivity index (χ1n) is 11.4. The van der Waals surface area contributed by atoms with Gasteiger partial charge in [-0.15, -0.1) is 0 Å². The van der Waals surface area contributed by atoms with Crippen molar-refractivity contribution < 1.29 is 13.2 Å². The number of aryl methyl sites for hydroxylation is 3. The number of aromatic nitrogens is 2. The van der Waals surface area contributed by atoms with Gasteiger partial charge in [0.2, 0.25) is 5.95 Å². The minimum absolute atomic E-state index is 0.296. The van der Waals surface area contributed by atoms with Crippen LogP contribution in [0.4, 0.5) is 24.8 Å². The number of hydrogen-bond donors (Lipinski definition) is 0. The Bertz CT molecular complexity index is 920. The second-order valence-electron chi connectivity index (χ2n) is 9.21. The van der Waals surface area contributed by atoms with Crippen molar-refractivity contribution in [3.05, 3.63) is 40.2 Å². The lowest BCUT2D eigenvalue weighted by molar-refractivity contribution is -0.141. The fraction of sp³-hybridized carbons (Fsp3) is 0.625. The van der Waals surface area contributed by atoms with Crippen LogP contribution in [0.3, 0.4) is 0 Å². The molecule has 0 unspecified atom stereocenters. The van der Waals surface area contributed by atoms with Crippen LogP contribution in [-0.4, -0.2) is 34.1 Å². The fourth-order valence-corrected chi connectivity index (χ4v) is 4.93. The van der Waals surface area contributed by atoms with Gasteiger partial charge in [0.15, 0.2) is 5.69 Å². The van der Waals surface area contributed by atoms with E-state index in [4.69, 9.17) is 0 Å². The molecule has 2 aliphatic rings. The van der Waals surface area contributed by atoms with Crippen LogP contribution in [0.1, 0.15) is 60.7 Å². The topological polar surface area (TPSA) is 24.3 Å². The summed E-state index contributed by atoms with van der Waals surface area (Å²) in [7, 11) is 0. The van der Waals surface area contributed by atoms with Crippen molar-refractivity contribution >= 4 is 11.6 Å². The Balaban J connectivity index is 1.73. The predicted molar refractivity (Wildman–Crippen MR) is 118 cm³/mol. The van der Waals surface area contributed by atoms with Crippen molar-refractivity contribution in [2.75, 3.05) is 24.5 Å². The van der Waals surface area contributed by atoms with Crippen LogP contribution in [0.5, 0.6) is 0 Å². The van der Waals surface area contributed by atoms with Gasteiger partial charge in [-0.05, 0) is 63.7 Å². The van der Waals surface area contributed by atoms with E-state index in [0.29, 0.717) is 31.3 Å². The van der Waals surface area contributed by atoms with Crippen molar-refractivity contribution in [3.63, 3.8) is 0 Å². The van der Waals surface area contributed by atoms with Crippen LogP contribution in [0.15, 0.2) is 12.1 Å². The van der Waals surface area contributed by atoms with Gasteiger partial charge in [0.05, 0.1) is 5.69 Å². The minimum atomic E-state index is -4.46. The molecule has 4 rings (SSSR count). The Labute approximate surface area is 183 Å². The molecule has 0 bridgehead atoms. The van der Waals surface area contributed by atoms with Gasteiger partial charge in [-0.2, -0.15) is 13.2 Å². The molecule has 0 amide bonds. The number of hydrogen-bond acceptors (Lipinski definition) is 3. The number of nitrogens with zero attached hydrogens (tertiary/aromatic N) is 4. The molecule has 2 heterocycles. The molecule has 7 heteroatoms. The average Bonchev–Trinajstić information content (AvgIpc) is 3.43. The first-order chi connectivity index (χ1) is 14.7. The Hall–Kier alpha value is -2.02. The van der Waals surface area contributed by atoms with Crippen molar-refractivity contribution in [3.8, 4) is 0 Å². The Morgan fingerprint density at radius 2 is 1.77 bits per heavy atom. The van der Waals surface area contributed by atoms with Crippen LogP contribution in [0.25, 0.3) is 0 Å². The largest absolute Gasteiger partial charge is 0.435 e. The molecule has 0 N–H and O–H groups in total. The summed E-state index contributed by atoms with van der Waals surface area (Å²) in [4.78, 5) is 8.35. The molecule has 170 valence electrons. The van der Waals surface area contributed by atoms with Crippen LogP contribution in [0, 0.1) is 26.7 Å². The zero-order valence-electron chi connectivity index (χ0n) is 19.0. The molecule has 1 fully saturated rings. The standard InChI is InChI=1S/C24H33F3N4/c1-5-29(12-9-19-7-8-19)15-20-22(24(25,26)27)28-23-30(20)10-6-11-31(23)21-17(3)13-16(2)14-18(21)4/h13-14,19H,5-12,15H2,1-4H3. The van der Waals surface area contributed by atoms with Crippen LogP contribution in [-0.2, 0) is 19.3 Å². The summed E-state index contributed by atoms with van der Waals surface area (Å²) in [5.74, 6) is 1.19. The zero-order chi connectivity index (χ0) is 22.3. The fourth-order valence-electron chi connectivity index (χ4n) is 4.93. The number of imidazole rings is 1. The Morgan fingerprint density at radius 3 is 2.35 bits per heavy atom. The molecule has 0 saturated heterocycles. The summed E-state index contributed by atoms with van der Waals surface area (Å²) < 4.78 is 43.9. The van der Waals surface area contributed by atoms with Crippen LogP contribution < -0.4 is 4.90 Å². The quantitative estimate of drug-likeness (QED) is 0.535. The van der Waals surface area contributed by atoms with Gasteiger partial charge in [-0.25, -0.2) is 4.98 Å². The molecular formula is C24H33F3N4. The molecule has 1 aromatic heterocycles. The van der Waals surface area contributed by atoms with Gasteiger partial charge < -0.3 is 9.47 Å². The highest BCUT2D eigenvalue weighted by Gasteiger charge is 2.41. The van der Waals surface area contributed by atoms with Crippen LogP contribution in [0.2, 0.25) is 0 Å². The second kappa shape index (κ2) is 8.49. The van der Waals surface area contributed by atoms with Crippen molar-refractivity contribution in [2.24, 2.45) is 5.92 Å². The van der Waals surface area contributed by atoms with E-state index >= 15 is 0 Å². The third-order valence-electron chi connectivity index (χ3n) is 6.60. The maximum absolute atomic E-state index is 14.0. The molecule has 1 aliphatic heterocycles. The summed E-state index contributed by atoms with van der Waals surface area (Å²) in [5.41, 5.74) is 3.88. The van der Waals surface area contributed by atoms with E-state index in [1.807, 2.05) is 37.2 Å². The number of rotatable bonds is 7. The summed E-state index contributed by atoms with van der Waals surface area (Å²) in [6.45, 7) is 11.3. The first kappa shape index (κ1) is 22.2. The molecule has 0 spiro atoms. The van der Waals surface area contributed by atoms with Crippen molar-refractivity contribution in [1.29, 1.82) is 0 Å². The number of halogens is 3. The van der Waals surface area contributed by atoms with Gasteiger partial charge in [0, 0.05) is 25.3 Å². The van der Waals surface area contributed by atoms with Gasteiger partial charge >= 0.3 is 6.18 Å². The van der Waals surface area contributed by atoms with E-state index in [2.05, 4.69) is 22.0 Å². The summed E-state index contributed by atoms with van der Waals surface area (Å²) in [5, 5.41) is 0. The molecule has 2 aromatic rings. The average molecular weight is 435 g/mol. The van der Waals surface area contributed by atoms with Gasteiger partial charge in [0.25, 0.3) is 0 Å². The van der Waals surface area contributed by atoms with E-state index in [-0.39, 0.29) is 0 Å². The van der Waals surface area contributed by atoms with Crippen molar-refractivity contribution in [2.45, 2.75) is 72.6 Å². The molecule has 1 saturated carbocycles. The summed E-state index contributed by atoms with van der Waals surface area (Å²) in [6, 6.07) is 4.18.